The normalized spacial score (nSPS) is 32.8. The zero-order chi connectivity index (χ0) is 13.5. The minimum absolute atomic E-state index is 0.334. The van der Waals surface area contributed by atoms with Crippen molar-refractivity contribution in [2.45, 2.75) is 70.4 Å². The van der Waals surface area contributed by atoms with Crippen LogP contribution in [0.15, 0.2) is 0 Å². The molecule has 3 atom stereocenters. The van der Waals surface area contributed by atoms with Crippen LogP contribution in [-0.2, 0) is 4.74 Å². The van der Waals surface area contributed by atoms with E-state index in [1.54, 1.807) is 0 Å². The molecule has 3 unspecified atom stereocenters. The Morgan fingerprint density at radius 2 is 2.00 bits per heavy atom. The van der Waals surface area contributed by atoms with Crippen molar-refractivity contribution in [3.63, 3.8) is 0 Å². The van der Waals surface area contributed by atoms with Gasteiger partial charge in [0.05, 0.1) is 12.7 Å². The van der Waals surface area contributed by atoms with Crippen molar-refractivity contribution in [2.75, 3.05) is 26.3 Å². The van der Waals surface area contributed by atoms with E-state index in [1.165, 1.54) is 45.1 Å². The molecule has 0 aromatic heterocycles. The first kappa shape index (κ1) is 15.3. The summed E-state index contributed by atoms with van der Waals surface area (Å²) in [6, 6.07) is 0.694. The van der Waals surface area contributed by atoms with Gasteiger partial charge >= 0.3 is 0 Å². The van der Waals surface area contributed by atoms with E-state index in [-0.39, 0.29) is 0 Å². The summed E-state index contributed by atoms with van der Waals surface area (Å²) in [6.07, 6.45) is 10.6. The summed E-state index contributed by atoms with van der Waals surface area (Å²) in [5.74, 6) is 0.748. The molecule has 1 saturated heterocycles. The van der Waals surface area contributed by atoms with Crippen molar-refractivity contribution in [2.24, 2.45) is 5.92 Å². The third-order valence-electron chi connectivity index (χ3n) is 4.94. The van der Waals surface area contributed by atoms with Crippen LogP contribution in [0.2, 0.25) is 0 Å². The summed E-state index contributed by atoms with van der Waals surface area (Å²) in [4.78, 5) is 2.57. The Bertz CT molecular complexity index is 247. The highest BCUT2D eigenvalue weighted by molar-refractivity contribution is 4.79. The van der Waals surface area contributed by atoms with E-state index in [9.17, 15) is 0 Å². The lowest BCUT2D eigenvalue weighted by Crippen LogP contribution is -2.35. The van der Waals surface area contributed by atoms with Gasteiger partial charge in [0, 0.05) is 19.2 Å². The number of likely N-dealkylation sites (tertiary alicyclic amines) is 1. The topological polar surface area (TPSA) is 32.7 Å². The van der Waals surface area contributed by atoms with Gasteiger partial charge in [0.1, 0.15) is 0 Å². The highest BCUT2D eigenvalue weighted by Gasteiger charge is 2.25. The molecule has 19 heavy (non-hydrogen) atoms. The molecule has 0 spiro atoms. The highest BCUT2D eigenvalue weighted by Crippen LogP contribution is 2.26. The second-order valence-corrected chi connectivity index (χ2v) is 6.37. The maximum absolute atomic E-state index is 8.95. The van der Waals surface area contributed by atoms with Crippen LogP contribution in [0.1, 0.15) is 58.3 Å². The van der Waals surface area contributed by atoms with Gasteiger partial charge in [-0.1, -0.05) is 19.8 Å². The summed E-state index contributed by atoms with van der Waals surface area (Å²) in [5, 5.41) is 8.95. The van der Waals surface area contributed by atoms with E-state index in [2.05, 4.69) is 11.8 Å². The van der Waals surface area contributed by atoms with Crippen LogP contribution in [0, 0.1) is 5.92 Å². The number of hydrogen-bond acceptors (Lipinski definition) is 3. The molecular formula is C16H31NO2. The average molecular weight is 269 g/mol. The maximum atomic E-state index is 8.95. The van der Waals surface area contributed by atoms with Crippen LogP contribution >= 0.6 is 0 Å². The number of hydrogen-bond donors (Lipinski definition) is 1. The Kier molecular flexibility index (Phi) is 6.62. The highest BCUT2D eigenvalue weighted by atomic mass is 16.5. The van der Waals surface area contributed by atoms with Crippen molar-refractivity contribution >= 4 is 0 Å². The molecule has 3 nitrogen and oxygen atoms in total. The fourth-order valence-corrected chi connectivity index (χ4v) is 3.69. The minimum atomic E-state index is 0.334. The first-order valence-corrected chi connectivity index (χ1v) is 8.27. The van der Waals surface area contributed by atoms with Crippen LogP contribution in [-0.4, -0.2) is 48.5 Å². The van der Waals surface area contributed by atoms with Crippen LogP contribution in [0.3, 0.4) is 0 Å². The van der Waals surface area contributed by atoms with Crippen molar-refractivity contribution in [3.05, 3.63) is 0 Å². The number of ether oxygens (including phenoxy) is 1. The molecule has 1 saturated carbocycles. The van der Waals surface area contributed by atoms with Gasteiger partial charge in [-0.3, -0.25) is 4.90 Å². The molecule has 1 aliphatic heterocycles. The van der Waals surface area contributed by atoms with Gasteiger partial charge in [0.15, 0.2) is 0 Å². The van der Waals surface area contributed by atoms with Crippen molar-refractivity contribution < 1.29 is 9.84 Å². The number of nitrogens with zero attached hydrogens (tertiary/aromatic N) is 1. The van der Waals surface area contributed by atoms with Gasteiger partial charge in [0.25, 0.3) is 0 Å². The minimum Gasteiger partial charge on any atom is -0.396 e. The van der Waals surface area contributed by atoms with E-state index < -0.39 is 0 Å². The molecule has 1 aliphatic carbocycles. The number of aliphatic hydroxyl groups excluding tert-OH is 1. The van der Waals surface area contributed by atoms with Crippen LogP contribution in [0.25, 0.3) is 0 Å². The lowest BCUT2D eigenvalue weighted by atomic mass is 9.88. The molecule has 1 heterocycles. The van der Waals surface area contributed by atoms with E-state index >= 15 is 0 Å². The Hall–Kier alpha value is -0.120. The quantitative estimate of drug-likeness (QED) is 0.771. The van der Waals surface area contributed by atoms with E-state index in [0.717, 1.165) is 31.9 Å². The smallest absolute Gasteiger partial charge is 0.0601 e. The lowest BCUT2D eigenvalue weighted by molar-refractivity contribution is -0.0152. The van der Waals surface area contributed by atoms with Gasteiger partial charge in [-0.15, -0.1) is 0 Å². The van der Waals surface area contributed by atoms with Crippen molar-refractivity contribution in [3.8, 4) is 0 Å². The Balaban J connectivity index is 1.64. The molecule has 0 radical (unpaired) electrons. The van der Waals surface area contributed by atoms with E-state index in [0.29, 0.717) is 18.8 Å². The zero-order valence-electron chi connectivity index (χ0n) is 12.5. The molecule has 0 amide bonds. The molecule has 2 rings (SSSR count). The van der Waals surface area contributed by atoms with Crippen LogP contribution in [0.4, 0.5) is 0 Å². The Morgan fingerprint density at radius 3 is 2.79 bits per heavy atom. The van der Waals surface area contributed by atoms with E-state index in [4.69, 9.17) is 9.84 Å². The standard InChI is InChI=1S/C16H31NO2/c1-14-6-2-3-9-16(14)19-13-11-17-10-4-7-15(17)8-5-12-18/h14-16,18H,2-13H2,1H3. The second-order valence-electron chi connectivity index (χ2n) is 6.37. The fourth-order valence-electron chi connectivity index (χ4n) is 3.69. The summed E-state index contributed by atoms with van der Waals surface area (Å²) in [7, 11) is 0. The summed E-state index contributed by atoms with van der Waals surface area (Å²) in [6.45, 7) is 5.87. The Morgan fingerprint density at radius 1 is 1.16 bits per heavy atom. The largest absolute Gasteiger partial charge is 0.396 e. The van der Waals surface area contributed by atoms with Gasteiger partial charge in [-0.25, -0.2) is 0 Å². The fraction of sp³-hybridized carbons (Fsp3) is 1.00. The zero-order valence-corrected chi connectivity index (χ0v) is 12.5. The molecule has 112 valence electrons. The molecule has 3 heteroatoms. The monoisotopic (exact) mass is 269 g/mol. The summed E-state index contributed by atoms with van der Waals surface area (Å²) < 4.78 is 6.12. The molecule has 2 aliphatic rings. The molecule has 0 aromatic carbocycles. The van der Waals surface area contributed by atoms with Gasteiger partial charge in [-0.2, -0.15) is 0 Å². The van der Waals surface area contributed by atoms with Crippen LogP contribution in [0.5, 0.6) is 0 Å². The molecular weight excluding hydrogens is 238 g/mol. The predicted octanol–water partition coefficient (Wildman–Crippen LogP) is 2.82. The molecule has 1 N–H and O–H groups in total. The van der Waals surface area contributed by atoms with Gasteiger partial charge in [-0.05, 0) is 51.0 Å². The van der Waals surface area contributed by atoms with Crippen LogP contribution < -0.4 is 0 Å². The third-order valence-corrected chi connectivity index (χ3v) is 4.94. The first-order valence-electron chi connectivity index (χ1n) is 8.27. The first-order chi connectivity index (χ1) is 9.31. The summed E-state index contributed by atoms with van der Waals surface area (Å²) in [5.41, 5.74) is 0. The Labute approximate surface area is 118 Å². The van der Waals surface area contributed by atoms with Crippen molar-refractivity contribution in [1.29, 1.82) is 0 Å². The van der Waals surface area contributed by atoms with E-state index in [1.807, 2.05) is 0 Å². The van der Waals surface area contributed by atoms with Crippen molar-refractivity contribution in [1.82, 2.24) is 4.90 Å². The SMILES string of the molecule is CC1CCCCC1OCCN1CCCC1CCCO. The average Bonchev–Trinajstić information content (AvgIpc) is 2.86. The summed E-state index contributed by atoms with van der Waals surface area (Å²) >= 11 is 0. The van der Waals surface area contributed by atoms with Gasteiger partial charge < -0.3 is 9.84 Å². The maximum Gasteiger partial charge on any atom is 0.0601 e. The molecule has 0 bridgehead atoms. The van der Waals surface area contributed by atoms with Gasteiger partial charge in [0.2, 0.25) is 0 Å². The third kappa shape index (κ3) is 4.73. The number of rotatable bonds is 7. The molecule has 0 aromatic rings. The molecule has 2 fully saturated rings. The predicted molar refractivity (Wildman–Crippen MR) is 78.3 cm³/mol. The number of aliphatic hydroxyl groups is 1. The lowest BCUT2D eigenvalue weighted by Gasteiger charge is -2.30. The second kappa shape index (κ2) is 8.23.